The largest absolute Gasteiger partial charge is 0.327 e. The van der Waals surface area contributed by atoms with E-state index in [1.165, 1.54) is 22.7 Å². The second-order valence-corrected chi connectivity index (χ2v) is 9.60. The van der Waals surface area contributed by atoms with Crippen LogP contribution in [-0.4, -0.2) is 25.8 Å². The van der Waals surface area contributed by atoms with Crippen molar-refractivity contribution in [2.45, 2.75) is 63.7 Å². The Morgan fingerprint density at radius 1 is 1.29 bits per heavy atom. The number of thioether (sulfide) groups is 1. The van der Waals surface area contributed by atoms with Gasteiger partial charge in [-0.3, -0.25) is 14.2 Å². The summed E-state index contributed by atoms with van der Waals surface area (Å²) in [6.07, 6.45) is 7.27. The molecule has 2 aromatic heterocycles. The number of nitriles is 1. The zero-order valence-electron chi connectivity index (χ0n) is 19.6. The van der Waals surface area contributed by atoms with Gasteiger partial charge < -0.3 is 9.88 Å². The summed E-state index contributed by atoms with van der Waals surface area (Å²) in [7, 11) is 0. The first kappa shape index (κ1) is 23.8. The summed E-state index contributed by atoms with van der Waals surface area (Å²) in [6, 6.07) is 9.76. The molecule has 0 unspecified atom stereocenters. The molecule has 2 heterocycles. The summed E-state index contributed by atoms with van der Waals surface area (Å²) >= 11 is 1.21. The Hall–Kier alpha value is -3.31. The average molecular weight is 476 g/mol. The monoisotopic (exact) mass is 475 g/mol. The fraction of sp³-hybridized carbons (Fsp3) is 0.385. The van der Waals surface area contributed by atoms with Gasteiger partial charge >= 0.3 is 0 Å². The van der Waals surface area contributed by atoms with Gasteiger partial charge in [-0.25, -0.2) is 4.98 Å². The van der Waals surface area contributed by atoms with Crippen molar-refractivity contribution in [3.63, 3.8) is 0 Å². The highest BCUT2D eigenvalue weighted by Gasteiger charge is 2.26. The van der Waals surface area contributed by atoms with Crippen LogP contribution in [0.2, 0.25) is 0 Å². The van der Waals surface area contributed by atoms with Gasteiger partial charge in [0.1, 0.15) is 11.9 Å². The number of aromatic nitrogens is 3. The molecule has 1 amide bonds. The standard InChI is InChI=1S/C26H29N5O2S/c1-4-14-30-25(33)20-12-8-9-13-22(20)28-26(30)34-16-23(32)29-24-21(15-27)17(2)18(3)31(24)19-10-6-5-7-11-19/h4,8-9,12-13,19H,1,5-7,10-11,14,16H2,2-3H3,(H,29,32). The smallest absolute Gasteiger partial charge is 0.262 e. The van der Waals surface area contributed by atoms with Gasteiger partial charge in [-0.1, -0.05) is 49.2 Å². The molecule has 1 fully saturated rings. The van der Waals surface area contributed by atoms with Crippen LogP contribution in [0.3, 0.4) is 0 Å². The number of hydrogen-bond acceptors (Lipinski definition) is 5. The lowest BCUT2D eigenvalue weighted by atomic mass is 9.95. The summed E-state index contributed by atoms with van der Waals surface area (Å²) < 4.78 is 3.69. The Balaban J connectivity index is 1.60. The minimum absolute atomic E-state index is 0.0702. The summed E-state index contributed by atoms with van der Waals surface area (Å²) in [5, 5.41) is 13.8. The van der Waals surface area contributed by atoms with Crippen molar-refractivity contribution in [1.29, 1.82) is 5.26 Å². The van der Waals surface area contributed by atoms with Gasteiger partial charge in [0.2, 0.25) is 5.91 Å². The van der Waals surface area contributed by atoms with Crippen LogP contribution in [0.5, 0.6) is 0 Å². The Bertz CT molecular complexity index is 1340. The molecule has 3 aromatic rings. The Kier molecular flexibility index (Phi) is 7.23. The number of allylic oxidation sites excluding steroid dienone is 1. The Morgan fingerprint density at radius 3 is 2.74 bits per heavy atom. The van der Waals surface area contributed by atoms with Crippen molar-refractivity contribution in [3.8, 4) is 6.07 Å². The maximum atomic E-state index is 13.0. The van der Waals surface area contributed by atoms with E-state index >= 15 is 0 Å². The number of amides is 1. The maximum Gasteiger partial charge on any atom is 0.262 e. The zero-order valence-corrected chi connectivity index (χ0v) is 20.5. The summed E-state index contributed by atoms with van der Waals surface area (Å²) in [6.45, 7) is 8.00. The van der Waals surface area contributed by atoms with Crippen molar-refractivity contribution < 1.29 is 4.79 Å². The van der Waals surface area contributed by atoms with E-state index in [1.54, 1.807) is 18.2 Å². The van der Waals surface area contributed by atoms with Crippen LogP contribution in [0.25, 0.3) is 10.9 Å². The molecule has 0 bridgehead atoms. The molecule has 0 saturated heterocycles. The number of rotatable bonds is 7. The highest BCUT2D eigenvalue weighted by Crippen LogP contribution is 2.36. The topological polar surface area (TPSA) is 92.7 Å². The quantitative estimate of drug-likeness (QED) is 0.291. The van der Waals surface area contributed by atoms with Crippen molar-refractivity contribution in [3.05, 3.63) is 64.1 Å². The number of anilines is 1. The Labute approximate surface area is 203 Å². The van der Waals surface area contributed by atoms with E-state index < -0.39 is 0 Å². The molecule has 1 N–H and O–H groups in total. The predicted molar refractivity (Wildman–Crippen MR) is 136 cm³/mol. The van der Waals surface area contributed by atoms with E-state index in [1.807, 2.05) is 26.0 Å². The molecule has 7 nitrogen and oxygen atoms in total. The van der Waals surface area contributed by atoms with Gasteiger partial charge in [0.05, 0.1) is 22.2 Å². The summed E-state index contributed by atoms with van der Waals surface area (Å²) in [5.41, 5.74) is 2.90. The molecule has 0 radical (unpaired) electrons. The zero-order chi connectivity index (χ0) is 24.2. The van der Waals surface area contributed by atoms with E-state index in [0.717, 1.165) is 36.9 Å². The molecular formula is C26H29N5O2S. The second-order valence-electron chi connectivity index (χ2n) is 8.66. The van der Waals surface area contributed by atoms with E-state index in [4.69, 9.17) is 0 Å². The minimum atomic E-state index is -0.233. The first-order chi connectivity index (χ1) is 16.5. The molecule has 4 rings (SSSR count). The van der Waals surface area contributed by atoms with Crippen LogP contribution in [0, 0.1) is 25.2 Å². The van der Waals surface area contributed by atoms with Gasteiger partial charge in [-0.15, -0.1) is 6.58 Å². The van der Waals surface area contributed by atoms with Crippen LogP contribution >= 0.6 is 11.8 Å². The second kappa shape index (κ2) is 10.3. The number of carbonyl (C=O) groups excluding carboxylic acids is 1. The number of hydrogen-bond donors (Lipinski definition) is 1. The number of carbonyl (C=O) groups is 1. The predicted octanol–water partition coefficient (Wildman–Crippen LogP) is 5.11. The molecular weight excluding hydrogens is 446 g/mol. The van der Waals surface area contributed by atoms with Gasteiger partial charge in [-0.2, -0.15) is 5.26 Å². The van der Waals surface area contributed by atoms with Crippen molar-refractivity contribution in [2.75, 3.05) is 11.1 Å². The molecule has 176 valence electrons. The van der Waals surface area contributed by atoms with Crippen LogP contribution in [0.15, 0.2) is 46.9 Å². The third-order valence-corrected chi connectivity index (χ3v) is 7.51. The van der Waals surface area contributed by atoms with E-state index in [9.17, 15) is 14.9 Å². The number of para-hydroxylation sites is 1. The van der Waals surface area contributed by atoms with Gasteiger partial charge in [0, 0.05) is 18.3 Å². The molecule has 8 heteroatoms. The van der Waals surface area contributed by atoms with Crippen LogP contribution in [0.1, 0.15) is 55.0 Å². The molecule has 0 aliphatic heterocycles. The van der Waals surface area contributed by atoms with Crippen molar-refractivity contribution in [2.24, 2.45) is 0 Å². The fourth-order valence-electron chi connectivity index (χ4n) is 4.73. The third kappa shape index (κ3) is 4.53. The highest BCUT2D eigenvalue weighted by molar-refractivity contribution is 7.99. The van der Waals surface area contributed by atoms with Crippen LogP contribution < -0.4 is 10.9 Å². The highest BCUT2D eigenvalue weighted by atomic mass is 32.2. The molecule has 34 heavy (non-hydrogen) atoms. The molecule has 1 aliphatic rings. The SMILES string of the molecule is C=CCn1c(SCC(=O)Nc2c(C#N)c(C)c(C)n2C2CCCCC2)nc2ccccc2c1=O. The van der Waals surface area contributed by atoms with E-state index in [-0.39, 0.29) is 23.3 Å². The normalized spacial score (nSPS) is 14.1. The van der Waals surface area contributed by atoms with Gasteiger partial charge in [0.25, 0.3) is 5.56 Å². The van der Waals surface area contributed by atoms with E-state index in [2.05, 4.69) is 27.5 Å². The van der Waals surface area contributed by atoms with Gasteiger partial charge in [-0.05, 0) is 44.4 Å². The Morgan fingerprint density at radius 2 is 2.03 bits per heavy atom. The maximum absolute atomic E-state index is 13.0. The summed E-state index contributed by atoms with van der Waals surface area (Å²) in [5.74, 6) is 0.425. The molecule has 1 aromatic carbocycles. The average Bonchev–Trinajstić information content (AvgIpc) is 3.09. The summed E-state index contributed by atoms with van der Waals surface area (Å²) in [4.78, 5) is 30.6. The van der Waals surface area contributed by atoms with Crippen LogP contribution in [0.4, 0.5) is 5.82 Å². The number of benzene rings is 1. The minimum Gasteiger partial charge on any atom is -0.327 e. The first-order valence-corrected chi connectivity index (χ1v) is 12.6. The van der Waals surface area contributed by atoms with Crippen LogP contribution in [-0.2, 0) is 11.3 Å². The van der Waals surface area contributed by atoms with E-state index in [0.29, 0.717) is 34.0 Å². The molecule has 0 spiro atoms. The number of nitrogens with zero attached hydrogens (tertiary/aromatic N) is 4. The third-order valence-electron chi connectivity index (χ3n) is 6.54. The lowest BCUT2D eigenvalue weighted by Gasteiger charge is -2.27. The first-order valence-electron chi connectivity index (χ1n) is 11.6. The van der Waals surface area contributed by atoms with Gasteiger partial charge in [0.15, 0.2) is 5.16 Å². The van der Waals surface area contributed by atoms with Crippen molar-refractivity contribution in [1.82, 2.24) is 14.1 Å². The number of fused-ring (bicyclic) bond motifs is 1. The molecule has 1 aliphatic carbocycles. The lowest BCUT2D eigenvalue weighted by molar-refractivity contribution is -0.113. The fourth-order valence-corrected chi connectivity index (χ4v) is 5.54. The van der Waals surface area contributed by atoms with Crippen molar-refractivity contribution >= 4 is 34.4 Å². The lowest BCUT2D eigenvalue weighted by Crippen LogP contribution is -2.24. The molecule has 0 atom stereocenters. The molecule has 1 saturated carbocycles. The number of nitrogens with one attached hydrogen (secondary N) is 1.